The molecule has 0 saturated heterocycles. The van der Waals surface area contributed by atoms with Gasteiger partial charge in [-0.3, -0.25) is 0 Å². The predicted octanol–water partition coefficient (Wildman–Crippen LogP) is 2.61. The molecule has 0 aliphatic rings. The van der Waals surface area contributed by atoms with E-state index in [1.54, 1.807) is 24.3 Å². The van der Waals surface area contributed by atoms with Crippen molar-refractivity contribution in [2.75, 3.05) is 0 Å². The summed E-state index contributed by atoms with van der Waals surface area (Å²) in [7, 11) is -2.87. The van der Waals surface area contributed by atoms with E-state index in [2.05, 4.69) is 5.32 Å². The zero-order valence-electron chi connectivity index (χ0n) is 12.6. The molecule has 3 N–H and O–H groups in total. The Morgan fingerprint density at radius 2 is 1.67 bits per heavy atom. The van der Waals surface area contributed by atoms with Gasteiger partial charge in [0.1, 0.15) is 6.61 Å². The molecule has 1 amide bonds. The molecule has 124 valence electrons. The van der Waals surface area contributed by atoms with Crippen molar-refractivity contribution in [1.29, 1.82) is 5.26 Å². The molecule has 2 aromatic rings. The van der Waals surface area contributed by atoms with Gasteiger partial charge in [0.05, 0.1) is 11.6 Å². The number of alkyl carbamates (subject to hydrolysis) is 1. The van der Waals surface area contributed by atoms with E-state index in [4.69, 9.17) is 24.4 Å². The van der Waals surface area contributed by atoms with Crippen molar-refractivity contribution in [3.05, 3.63) is 71.3 Å². The number of nitriles is 1. The van der Waals surface area contributed by atoms with Gasteiger partial charge in [-0.1, -0.05) is 42.5 Å². The Morgan fingerprint density at radius 3 is 2.21 bits per heavy atom. The van der Waals surface area contributed by atoms with Crippen molar-refractivity contribution >= 4 is 14.3 Å². The second-order valence-electron chi connectivity index (χ2n) is 4.48. The molecule has 0 heterocycles. The van der Waals surface area contributed by atoms with Crippen LogP contribution < -0.4 is 5.32 Å². The van der Waals surface area contributed by atoms with Crippen LogP contribution in [0.1, 0.15) is 16.7 Å². The highest BCUT2D eigenvalue weighted by atomic mass is 31.1. The molecule has 0 aliphatic heterocycles. The van der Waals surface area contributed by atoms with E-state index in [9.17, 15) is 4.79 Å². The Balaban J connectivity index is 0.000000648. The van der Waals surface area contributed by atoms with Crippen LogP contribution in [0.5, 0.6) is 0 Å². The van der Waals surface area contributed by atoms with Crippen LogP contribution in [0.25, 0.3) is 0 Å². The van der Waals surface area contributed by atoms with Gasteiger partial charge in [-0.2, -0.15) is 5.26 Å². The van der Waals surface area contributed by atoms with Crippen molar-refractivity contribution in [1.82, 2.24) is 5.32 Å². The third-order valence-corrected chi connectivity index (χ3v) is 2.73. The summed E-state index contributed by atoms with van der Waals surface area (Å²) < 4.78 is 13.8. The number of rotatable bonds is 4. The molecule has 0 aliphatic carbocycles. The Kier molecular flexibility index (Phi) is 8.72. The third-order valence-electron chi connectivity index (χ3n) is 2.73. The molecule has 0 atom stereocenters. The normalized spacial score (nSPS) is 9.04. The zero-order chi connectivity index (χ0) is 17.8. The van der Waals surface area contributed by atoms with Crippen molar-refractivity contribution in [2.24, 2.45) is 0 Å². The highest BCUT2D eigenvalue weighted by Gasteiger charge is 2.02. The van der Waals surface area contributed by atoms with Crippen LogP contribution >= 0.6 is 8.25 Å². The fourth-order valence-corrected chi connectivity index (χ4v) is 1.65. The smallest absolute Gasteiger partial charge is 0.445 e. The lowest BCUT2D eigenvalue weighted by Crippen LogP contribution is -2.23. The Labute approximate surface area is 140 Å². The fraction of sp³-hybridized carbons (Fsp3) is 0.125. The van der Waals surface area contributed by atoms with Gasteiger partial charge in [-0.25, -0.2) is 4.79 Å². The summed E-state index contributed by atoms with van der Waals surface area (Å²) >= 11 is 0. The van der Waals surface area contributed by atoms with Gasteiger partial charge in [0.15, 0.2) is 0 Å². The first kappa shape index (κ1) is 19.3. The summed E-state index contributed by atoms with van der Waals surface area (Å²) in [5, 5.41) is 11.3. The van der Waals surface area contributed by atoms with E-state index in [-0.39, 0.29) is 6.61 Å². The maximum atomic E-state index is 11.5. The molecule has 8 heteroatoms. The summed E-state index contributed by atoms with van der Waals surface area (Å²) in [6.45, 7) is 0.624. The molecule has 7 nitrogen and oxygen atoms in total. The standard InChI is InChI=1S/C16H14N2O2.HO3P/c17-10-13-6-8-14(9-7-13)11-18-16(19)20-12-15-4-2-1-3-5-15;1-4(2)3/h1-9H,11-12H2,(H,18,19);(H-,1,2,3)/p+1. The van der Waals surface area contributed by atoms with E-state index in [1.165, 1.54) is 0 Å². The zero-order valence-corrected chi connectivity index (χ0v) is 13.5. The second-order valence-corrected chi connectivity index (χ2v) is 4.98. The second kappa shape index (κ2) is 10.9. The lowest BCUT2D eigenvalue weighted by molar-refractivity contribution is 0.139. The molecule has 0 unspecified atom stereocenters. The number of hydrogen-bond acceptors (Lipinski definition) is 4. The molecular weight excluding hydrogens is 331 g/mol. The van der Waals surface area contributed by atoms with Gasteiger partial charge in [-0.15, -0.1) is 9.79 Å². The van der Waals surface area contributed by atoms with Gasteiger partial charge in [0, 0.05) is 11.1 Å². The van der Waals surface area contributed by atoms with E-state index in [0.29, 0.717) is 12.1 Å². The quantitative estimate of drug-likeness (QED) is 0.731. The van der Waals surface area contributed by atoms with E-state index in [0.717, 1.165) is 11.1 Å². The minimum Gasteiger partial charge on any atom is -0.445 e. The Morgan fingerprint density at radius 1 is 1.08 bits per heavy atom. The molecule has 0 aromatic heterocycles. The Hall–Kier alpha value is -2.78. The van der Waals surface area contributed by atoms with Crippen LogP contribution in [0.4, 0.5) is 4.79 Å². The fourth-order valence-electron chi connectivity index (χ4n) is 1.65. The first-order valence-electron chi connectivity index (χ1n) is 6.80. The molecule has 0 saturated carbocycles. The first-order chi connectivity index (χ1) is 11.5. The van der Waals surface area contributed by atoms with E-state index >= 15 is 0 Å². The minimum atomic E-state index is -2.87. The molecule has 24 heavy (non-hydrogen) atoms. The van der Waals surface area contributed by atoms with E-state index < -0.39 is 14.3 Å². The van der Waals surface area contributed by atoms with Crippen molar-refractivity contribution in [3.63, 3.8) is 0 Å². The number of nitrogens with zero attached hydrogens (tertiary/aromatic N) is 1. The van der Waals surface area contributed by atoms with Crippen LogP contribution in [0.15, 0.2) is 54.6 Å². The molecule has 0 fully saturated rings. The first-order valence-corrected chi connectivity index (χ1v) is 7.96. The minimum absolute atomic E-state index is 0.250. The molecule has 2 rings (SSSR count). The average Bonchev–Trinajstić information content (AvgIpc) is 2.59. The van der Waals surface area contributed by atoms with Gasteiger partial charge in [0.25, 0.3) is 0 Å². The summed E-state index contributed by atoms with van der Waals surface area (Å²) in [4.78, 5) is 25.8. The number of hydrogen-bond donors (Lipinski definition) is 3. The summed E-state index contributed by atoms with van der Waals surface area (Å²) in [6, 6.07) is 18.6. The van der Waals surface area contributed by atoms with Crippen molar-refractivity contribution < 1.29 is 23.9 Å². The number of carbonyl (C=O) groups excluding carboxylic acids is 1. The number of nitrogens with one attached hydrogen (secondary N) is 1. The van der Waals surface area contributed by atoms with Gasteiger partial charge >= 0.3 is 14.3 Å². The van der Waals surface area contributed by atoms with E-state index in [1.807, 2.05) is 36.4 Å². The molecule has 0 radical (unpaired) electrons. The van der Waals surface area contributed by atoms with Crippen LogP contribution in [-0.2, 0) is 22.5 Å². The maximum Gasteiger partial charge on any atom is 0.692 e. The average molecular weight is 347 g/mol. The largest absolute Gasteiger partial charge is 0.692 e. The highest BCUT2D eigenvalue weighted by molar-refractivity contribution is 7.30. The number of amides is 1. The number of ether oxygens (including phenoxy) is 1. The van der Waals surface area contributed by atoms with Gasteiger partial charge in [-0.05, 0) is 23.3 Å². The van der Waals surface area contributed by atoms with Crippen LogP contribution in [0, 0.1) is 11.3 Å². The summed E-state index contributed by atoms with van der Waals surface area (Å²) in [5.41, 5.74) is 2.46. The van der Waals surface area contributed by atoms with Crippen LogP contribution in [-0.4, -0.2) is 15.9 Å². The Bertz CT molecular complexity index is 695. The maximum absolute atomic E-state index is 11.5. The third kappa shape index (κ3) is 8.61. The topological polar surface area (TPSA) is 120 Å². The van der Waals surface area contributed by atoms with Crippen molar-refractivity contribution in [2.45, 2.75) is 13.2 Å². The van der Waals surface area contributed by atoms with Crippen LogP contribution in [0.2, 0.25) is 0 Å². The predicted molar refractivity (Wildman–Crippen MR) is 86.7 cm³/mol. The van der Waals surface area contributed by atoms with Crippen molar-refractivity contribution in [3.8, 4) is 6.07 Å². The number of carbonyl (C=O) groups is 1. The number of benzene rings is 2. The van der Waals surface area contributed by atoms with Gasteiger partial charge in [0.2, 0.25) is 0 Å². The lowest BCUT2D eigenvalue weighted by Gasteiger charge is -2.07. The molecular formula is C16H16N2O5P+. The monoisotopic (exact) mass is 347 g/mol. The highest BCUT2D eigenvalue weighted by Crippen LogP contribution is 2.04. The lowest BCUT2D eigenvalue weighted by atomic mass is 10.1. The SMILES string of the molecule is N#Cc1ccc(CNC(=O)OCc2ccccc2)cc1.O=[P+](O)O. The van der Waals surface area contributed by atoms with Crippen LogP contribution in [0.3, 0.4) is 0 Å². The molecule has 0 spiro atoms. The molecule has 2 aromatic carbocycles. The summed E-state index contributed by atoms with van der Waals surface area (Å²) in [6.07, 6.45) is -0.460. The van der Waals surface area contributed by atoms with Gasteiger partial charge < -0.3 is 10.1 Å². The molecule has 0 bridgehead atoms. The summed E-state index contributed by atoms with van der Waals surface area (Å²) in [5.74, 6) is 0.